The van der Waals surface area contributed by atoms with Crippen molar-refractivity contribution in [1.82, 2.24) is 0 Å². The van der Waals surface area contributed by atoms with E-state index in [1.807, 2.05) is 61.5 Å². The van der Waals surface area contributed by atoms with E-state index in [0.717, 1.165) is 31.7 Å². The van der Waals surface area contributed by atoms with E-state index in [2.05, 4.69) is 40.2 Å². The monoisotopic (exact) mass is 475 g/mol. The molecule has 2 atom stereocenters. The van der Waals surface area contributed by atoms with E-state index in [4.69, 9.17) is 0 Å². The minimum absolute atomic E-state index is 0.115. The lowest BCUT2D eigenvalue weighted by atomic mass is 10.1. The van der Waals surface area contributed by atoms with Gasteiger partial charge in [-0.2, -0.15) is 8.42 Å². The fourth-order valence-corrected chi connectivity index (χ4v) is 9.39. The van der Waals surface area contributed by atoms with Crippen molar-refractivity contribution < 1.29 is 8.42 Å². The van der Waals surface area contributed by atoms with E-state index in [-0.39, 0.29) is 9.48 Å². The topological polar surface area (TPSA) is 46.5 Å². The van der Waals surface area contributed by atoms with Crippen molar-refractivity contribution in [2.24, 2.45) is 3.77 Å². The molecule has 4 aromatic carbocycles. The van der Waals surface area contributed by atoms with E-state index in [9.17, 15) is 8.42 Å². The fraction of sp³-hybridized carbons (Fsp3) is 0.0769. The SMILES string of the molecule is Cc1ccc(S(=O)(=O)/N=S2\c3cccc4cccc(c34)SC2/C=C/c2ccccc2)cc1. The Labute approximate surface area is 195 Å². The van der Waals surface area contributed by atoms with Crippen LogP contribution in [-0.4, -0.2) is 13.0 Å². The zero-order valence-electron chi connectivity index (χ0n) is 17.4. The molecule has 32 heavy (non-hydrogen) atoms. The Bertz CT molecular complexity index is 1450. The summed E-state index contributed by atoms with van der Waals surface area (Å²) < 4.78 is 30.9. The van der Waals surface area contributed by atoms with Crippen LogP contribution < -0.4 is 0 Å². The summed E-state index contributed by atoms with van der Waals surface area (Å²) in [6.45, 7) is 1.94. The van der Waals surface area contributed by atoms with Gasteiger partial charge in [0.25, 0.3) is 10.0 Å². The zero-order chi connectivity index (χ0) is 22.1. The Hall–Kier alpha value is -2.67. The number of sulfonamides is 1. The molecular weight excluding hydrogens is 454 g/mol. The molecule has 160 valence electrons. The fourth-order valence-electron chi connectivity index (χ4n) is 3.65. The molecule has 0 aliphatic carbocycles. The second-order valence-electron chi connectivity index (χ2n) is 7.54. The van der Waals surface area contributed by atoms with Crippen molar-refractivity contribution in [1.29, 1.82) is 0 Å². The number of rotatable bonds is 4. The molecule has 0 N–H and O–H groups in total. The molecule has 0 fully saturated rings. The van der Waals surface area contributed by atoms with Gasteiger partial charge in [0, 0.05) is 15.2 Å². The minimum atomic E-state index is -3.80. The average molecular weight is 476 g/mol. The van der Waals surface area contributed by atoms with Crippen LogP contribution >= 0.6 is 11.8 Å². The third kappa shape index (κ3) is 4.18. The summed E-state index contributed by atoms with van der Waals surface area (Å²) in [5, 5.41) is 2.22. The second kappa shape index (κ2) is 8.70. The Morgan fingerprint density at radius 1 is 0.875 bits per heavy atom. The van der Waals surface area contributed by atoms with Gasteiger partial charge in [-0.15, -0.1) is 15.5 Å². The van der Waals surface area contributed by atoms with Crippen LogP contribution in [0.3, 0.4) is 0 Å². The number of hydrogen-bond acceptors (Lipinski definition) is 3. The zero-order valence-corrected chi connectivity index (χ0v) is 19.8. The third-order valence-electron chi connectivity index (χ3n) is 5.26. The molecule has 0 amide bonds. The largest absolute Gasteiger partial charge is 0.288 e. The molecule has 2 unspecified atom stereocenters. The Morgan fingerprint density at radius 3 is 2.34 bits per heavy atom. The van der Waals surface area contributed by atoms with Crippen LogP contribution in [0.1, 0.15) is 11.1 Å². The predicted octanol–water partition coefficient (Wildman–Crippen LogP) is 6.84. The number of nitrogens with zero attached hydrogens (tertiary/aromatic N) is 1. The van der Waals surface area contributed by atoms with Crippen LogP contribution in [-0.2, 0) is 20.7 Å². The minimum Gasteiger partial charge on any atom is -0.199 e. The predicted molar refractivity (Wildman–Crippen MR) is 135 cm³/mol. The summed E-state index contributed by atoms with van der Waals surface area (Å²) >= 11 is 1.68. The van der Waals surface area contributed by atoms with Crippen molar-refractivity contribution in [3.63, 3.8) is 0 Å². The summed E-state index contributed by atoms with van der Waals surface area (Å²) in [4.78, 5) is 2.38. The van der Waals surface area contributed by atoms with E-state index >= 15 is 0 Å². The van der Waals surface area contributed by atoms with Crippen molar-refractivity contribution in [3.05, 3.63) is 108 Å². The molecule has 0 aromatic heterocycles. The first-order valence-electron chi connectivity index (χ1n) is 10.2. The molecule has 4 aromatic rings. The first-order valence-corrected chi connectivity index (χ1v) is 13.8. The van der Waals surface area contributed by atoms with E-state index in [1.165, 1.54) is 0 Å². The lowest BCUT2D eigenvalue weighted by Crippen LogP contribution is -2.15. The van der Waals surface area contributed by atoms with Gasteiger partial charge in [-0.1, -0.05) is 84.4 Å². The van der Waals surface area contributed by atoms with E-state index in [1.54, 1.807) is 23.9 Å². The highest BCUT2D eigenvalue weighted by molar-refractivity contribution is 8.15. The van der Waals surface area contributed by atoms with Gasteiger partial charge in [-0.3, -0.25) is 0 Å². The first kappa shape index (κ1) is 21.2. The maximum Gasteiger partial charge on any atom is 0.288 e. The van der Waals surface area contributed by atoms with Gasteiger partial charge in [-0.05, 0) is 52.8 Å². The second-order valence-corrected chi connectivity index (χ2v) is 12.6. The van der Waals surface area contributed by atoms with Gasteiger partial charge in [0.15, 0.2) is 0 Å². The van der Waals surface area contributed by atoms with Crippen molar-refractivity contribution in [2.75, 3.05) is 0 Å². The van der Waals surface area contributed by atoms with Crippen LogP contribution in [0.5, 0.6) is 0 Å². The van der Waals surface area contributed by atoms with Gasteiger partial charge in [-0.25, -0.2) is 0 Å². The highest BCUT2D eigenvalue weighted by Gasteiger charge is 2.27. The van der Waals surface area contributed by atoms with E-state index < -0.39 is 20.7 Å². The summed E-state index contributed by atoms with van der Waals surface area (Å²) in [6, 6.07) is 29.2. The molecule has 0 spiro atoms. The smallest absolute Gasteiger partial charge is 0.199 e. The average Bonchev–Trinajstić information content (AvgIpc) is 2.81. The van der Waals surface area contributed by atoms with Crippen molar-refractivity contribution in [3.8, 4) is 0 Å². The summed E-state index contributed by atoms with van der Waals surface area (Å²) in [5.41, 5.74) is 2.09. The van der Waals surface area contributed by atoms with E-state index in [0.29, 0.717) is 0 Å². The number of thioether (sulfide) groups is 1. The molecule has 0 radical (unpaired) electrons. The summed E-state index contributed by atoms with van der Waals surface area (Å²) in [5.74, 6) is 0. The lowest BCUT2D eigenvalue weighted by molar-refractivity contribution is 0.598. The van der Waals surface area contributed by atoms with Crippen LogP contribution in [0.15, 0.2) is 116 Å². The number of hydrogen-bond donors (Lipinski definition) is 0. The van der Waals surface area contributed by atoms with Gasteiger partial charge in [0.1, 0.15) is 0 Å². The van der Waals surface area contributed by atoms with Crippen LogP contribution in [0.4, 0.5) is 0 Å². The van der Waals surface area contributed by atoms with Crippen molar-refractivity contribution in [2.45, 2.75) is 26.2 Å². The van der Waals surface area contributed by atoms with Crippen LogP contribution in [0, 0.1) is 6.92 Å². The molecule has 1 aliphatic heterocycles. The molecular formula is C26H21NO2S3. The molecule has 0 bridgehead atoms. The maximum atomic E-state index is 13.3. The highest BCUT2D eigenvalue weighted by atomic mass is 32.3. The summed E-state index contributed by atoms with van der Waals surface area (Å²) in [7, 11) is -4.67. The Morgan fingerprint density at radius 2 is 1.59 bits per heavy atom. The molecule has 1 heterocycles. The summed E-state index contributed by atoms with van der Waals surface area (Å²) in [6.07, 6.45) is 4.14. The van der Waals surface area contributed by atoms with Crippen LogP contribution in [0.25, 0.3) is 16.8 Å². The van der Waals surface area contributed by atoms with Gasteiger partial charge in [0.2, 0.25) is 0 Å². The molecule has 0 saturated heterocycles. The Kier molecular flexibility index (Phi) is 5.76. The first-order chi connectivity index (χ1) is 15.5. The molecule has 0 saturated carbocycles. The molecule has 5 rings (SSSR count). The maximum absolute atomic E-state index is 13.3. The lowest BCUT2D eigenvalue weighted by Gasteiger charge is -2.25. The molecule has 6 heteroatoms. The quantitative estimate of drug-likeness (QED) is 0.324. The Balaban J connectivity index is 1.67. The number of aryl methyl sites for hydroxylation is 1. The highest BCUT2D eigenvalue weighted by Crippen LogP contribution is 2.44. The van der Waals surface area contributed by atoms with Crippen molar-refractivity contribution >= 4 is 49.3 Å². The third-order valence-corrected chi connectivity index (χ3v) is 10.8. The molecule has 3 nitrogen and oxygen atoms in total. The molecule has 1 aliphatic rings. The number of benzene rings is 4. The van der Waals surface area contributed by atoms with Gasteiger partial charge >= 0.3 is 0 Å². The van der Waals surface area contributed by atoms with Crippen LogP contribution in [0.2, 0.25) is 0 Å². The van der Waals surface area contributed by atoms with Gasteiger partial charge in [0.05, 0.1) is 9.48 Å². The van der Waals surface area contributed by atoms with Gasteiger partial charge < -0.3 is 0 Å². The normalized spacial score (nSPS) is 18.4. The standard InChI is InChI=1S/C26H21NO2S3/c1-19-13-16-22(17-14-19)32(28,29)27-31-24-12-6-10-21-9-5-11-23(26(21)24)30-25(31)18-15-20-7-3-2-4-8-20/h2-18,25H,1H3/b18-15+.